The van der Waals surface area contributed by atoms with Gasteiger partial charge in [-0.15, -0.1) is 0 Å². The molecule has 3 nitrogen and oxygen atoms in total. The van der Waals surface area contributed by atoms with Crippen LogP contribution in [0.25, 0.3) is 0 Å². The van der Waals surface area contributed by atoms with Gasteiger partial charge in [0.25, 0.3) is 0 Å². The van der Waals surface area contributed by atoms with Gasteiger partial charge in [0.05, 0.1) is 0 Å². The topological polar surface area (TPSA) is 60.7 Å². The second-order valence-electron chi connectivity index (χ2n) is 1.72. The van der Waals surface area contributed by atoms with E-state index in [1.165, 1.54) is 6.08 Å². The van der Waals surface area contributed by atoms with Gasteiger partial charge in [0.1, 0.15) is 5.76 Å². The van der Waals surface area contributed by atoms with Gasteiger partial charge in [-0.05, 0) is 17.6 Å². The Kier molecular flexibility index (Phi) is 3.53. The Bertz CT molecular complexity index is 172. The third kappa shape index (κ3) is 3.12. The smallest absolute Gasteiger partial charge is 0.487 e. The lowest BCUT2D eigenvalue weighted by Crippen LogP contribution is -2.12. The molecule has 10 heavy (non-hydrogen) atoms. The molecule has 0 aromatic heterocycles. The van der Waals surface area contributed by atoms with Gasteiger partial charge in [-0.1, -0.05) is 13.2 Å². The van der Waals surface area contributed by atoms with Crippen LogP contribution in [0.15, 0.2) is 36.5 Å². The molecule has 0 bridgehead atoms. The van der Waals surface area contributed by atoms with E-state index < -0.39 is 7.12 Å². The fraction of sp³-hybridized carbons (Fsp3) is 0. The normalized spacial score (nSPS) is 10.8. The zero-order valence-corrected chi connectivity index (χ0v) is 5.49. The Morgan fingerprint density at radius 2 is 1.90 bits per heavy atom. The molecule has 0 aromatic rings. The Balaban J connectivity index is 4.13. The Morgan fingerprint density at radius 1 is 1.40 bits per heavy atom. The zero-order chi connectivity index (χ0) is 8.15. The minimum atomic E-state index is -1.62. The average molecular weight is 140 g/mol. The van der Waals surface area contributed by atoms with E-state index in [-0.39, 0.29) is 11.2 Å². The van der Waals surface area contributed by atoms with Gasteiger partial charge in [-0.3, -0.25) is 0 Å². The minimum Gasteiger partial charge on any atom is -0.508 e. The monoisotopic (exact) mass is 140 g/mol. The molecule has 3 N–H and O–H groups in total. The third-order valence-corrected chi connectivity index (χ3v) is 0.874. The quantitative estimate of drug-likeness (QED) is 0.297. The van der Waals surface area contributed by atoms with Gasteiger partial charge in [0.2, 0.25) is 0 Å². The summed E-state index contributed by atoms with van der Waals surface area (Å²) in [5, 5.41) is 25.6. The third-order valence-electron chi connectivity index (χ3n) is 0.874. The summed E-state index contributed by atoms with van der Waals surface area (Å²) >= 11 is 0. The van der Waals surface area contributed by atoms with Crippen LogP contribution in [0.1, 0.15) is 0 Å². The summed E-state index contributed by atoms with van der Waals surface area (Å²) in [5.41, 5.74) is 0.0254. The molecule has 0 aromatic carbocycles. The summed E-state index contributed by atoms with van der Waals surface area (Å²) in [6.45, 7) is 6.51. The molecule has 0 heterocycles. The Morgan fingerprint density at radius 3 is 2.20 bits per heavy atom. The number of hydrogen-bond acceptors (Lipinski definition) is 3. The molecule has 4 heteroatoms. The van der Waals surface area contributed by atoms with Crippen LogP contribution in [0.3, 0.4) is 0 Å². The summed E-state index contributed by atoms with van der Waals surface area (Å²) in [6, 6.07) is 0. The van der Waals surface area contributed by atoms with Gasteiger partial charge in [-0.25, -0.2) is 0 Å². The maximum Gasteiger partial charge on any atom is 0.487 e. The van der Waals surface area contributed by atoms with Gasteiger partial charge < -0.3 is 15.2 Å². The fourth-order valence-corrected chi connectivity index (χ4v) is 0.323. The number of aliphatic hydroxyl groups excluding tert-OH is 1. The lowest BCUT2D eigenvalue weighted by Gasteiger charge is -1.95. The molecule has 0 amide bonds. The molecule has 0 saturated heterocycles. The van der Waals surface area contributed by atoms with E-state index in [0.717, 1.165) is 6.08 Å². The van der Waals surface area contributed by atoms with Crippen molar-refractivity contribution in [2.45, 2.75) is 0 Å². The molecule has 0 rings (SSSR count). The highest BCUT2D eigenvalue weighted by atomic mass is 16.4. The minimum absolute atomic E-state index is 0.0254. The molecule has 0 spiro atoms. The first-order valence-electron chi connectivity index (χ1n) is 2.66. The first-order chi connectivity index (χ1) is 4.57. The van der Waals surface area contributed by atoms with Gasteiger partial charge in [0, 0.05) is 0 Å². The van der Waals surface area contributed by atoms with E-state index >= 15 is 0 Å². The van der Waals surface area contributed by atoms with Crippen LogP contribution < -0.4 is 0 Å². The largest absolute Gasteiger partial charge is 0.508 e. The van der Waals surface area contributed by atoms with E-state index in [1.54, 1.807) is 0 Å². The standard InChI is InChI=1S/C6H9BO3/c1-3-6(8)4-5(2)7(9)10/h3-4,8-10H,1-2H2/b6-4+. The molecule has 0 atom stereocenters. The predicted octanol–water partition coefficient (Wildman–Crippen LogP) is 0.182. The summed E-state index contributed by atoms with van der Waals surface area (Å²) < 4.78 is 0. The van der Waals surface area contributed by atoms with Crippen molar-refractivity contribution in [3.63, 3.8) is 0 Å². The summed E-state index contributed by atoms with van der Waals surface area (Å²) in [6.07, 6.45) is 2.30. The molecule has 0 saturated carbocycles. The van der Waals surface area contributed by atoms with Gasteiger partial charge in [0.15, 0.2) is 0 Å². The van der Waals surface area contributed by atoms with Crippen molar-refractivity contribution < 1.29 is 15.2 Å². The predicted molar refractivity (Wildman–Crippen MR) is 40.2 cm³/mol. The number of hydrogen-bond donors (Lipinski definition) is 3. The Labute approximate surface area is 59.8 Å². The van der Waals surface area contributed by atoms with E-state index in [1.807, 2.05) is 0 Å². The van der Waals surface area contributed by atoms with Crippen molar-refractivity contribution in [2.75, 3.05) is 0 Å². The highest BCUT2D eigenvalue weighted by Crippen LogP contribution is 1.98. The van der Waals surface area contributed by atoms with Crippen LogP contribution in [0, 0.1) is 0 Å². The van der Waals surface area contributed by atoms with Crippen molar-refractivity contribution in [3.05, 3.63) is 36.5 Å². The van der Waals surface area contributed by atoms with Crippen molar-refractivity contribution in [2.24, 2.45) is 0 Å². The van der Waals surface area contributed by atoms with E-state index in [2.05, 4.69) is 13.2 Å². The van der Waals surface area contributed by atoms with Crippen LogP contribution in [0.2, 0.25) is 0 Å². The first-order valence-corrected chi connectivity index (χ1v) is 2.66. The molecule has 54 valence electrons. The second kappa shape index (κ2) is 3.92. The number of aliphatic hydroxyl groups is 1. The van der Waals surface area contributed by atoms with Crippen molar-refractivity contribution in [3.8, 4) is 0 Å². The maximum atomic E-state index is 8.74. The zero-order valence-electron chi connectivity index (χ0n) is 5.49. The number of allylic oxidation sites excluding steroid dienone is 3. The number of rotatable bonds is 3. The molecule has 0 aliphatic heterocycles. The molecular weight excluding hydrogens is 131 g/mol. The van der Waals surface area contributed by atoms with E-state index in [4.69, 9.17) is 15.2 Å². The molecule has 0 unspecified atom stereocenters. The highest BCUT2D eigenvalue weighted by molar-refractivity contribution is 6.51. The van der Waals surface area contributed by atoms with Crippen LogP contribution in [-0.2, 0) is 0 Å². The highest BCUT2D eigenvalue weighted by Gasteiger charge is 2.08. The van der Waals surface area contributed by atoms with Crippen LogP contribution in [0.4, 0.5) is 0 Å². The van der Waals surface area contributed by atoms with Crippen LogP contribution in [0.5, 0.6) is 0 Å². The SMILES string of the molecule is C=C/C(O)=C\C(=C)B(O)O. The fourth-order valence-electron chi connectivity index (χ4n) is 0.323. The summed E-state index contributed by atoms with van der Waals surface area (Å²) in [5.74, 6) is -0.141. The first kappa shape index (κ1) is 9.00. The lowest BCUT2D eigenvalue weighted by molar-refractivity contribution is 0.416. The van der Waals surface area contributed by atoms with Crippen LogP contribution >= 0.6 is 0 Å². The van der Waals surface area contributed by atoms with Crippen molar-refractivity contribution in [1.82, 2.24) is 0 Å². The maximum absolute atomic E-state index is 8.74. The second-order valence-corrected chi connectivity index (χ2v) is 1.72. The Hall–Kier alpha value is -0.995. The molecule has 0 aliphatic carbocycles. The molecule has 0 radical (unpaired) electrons. The van der Waals surface area contributed by atoms with Crippen LogP contribution in [-0.4, -0.2) is 22.3 Å². The van der Waals surface area contributed by atoms with Gasteiger partial charge in [-0.2, -0.15) is 0 Å². The summed E-state index contributed by atoms with van der Waals surface area (Å²) in [4.78, 5) is 0. The van der Waals surface area contributed by atoms with E-state index in [9.17, 15) is 0 Å². The van der Waals surface area contributed by atoms with Gasteiger partial charge >= 0.3 is 7.12 Å². The molecule has 0 fully saturated rings. The lowest BCUT2D eigenvalue weighted by atomic mass is 9.80. The average Bonchev–Trinajstić information content (AvgIpc) is 1.87. The molecule has 0 aliphatic rings. The van der Waals surface area contributed by atoms with E-state index in [0.29, 0.717) is 0 Å². The molecular formula is C6H9BO3. The summed E-state index contributed by atoms with van der Waals surface area (Å²) in [7, 11) is -1.62. The van der Waals surface area contributed by atoms with Crippen molar-refractivity contribution >= 4 is 7.12 Å². The van der Waals surface area contributed by atoms with Crippen molar-refractivity contribution in [1.29, 1.82) is 0 Å².